The fourth-order valence-corrected chi connectivity index (χ4v) is 1.99. The molecule has 3 nitrogen and oxygen atoms in total. The van der Waals surface area contributed by atoms with E-state index >= 15 is 0 Å². The Bertz CT molecular complexity index is 406. The summed E-state index contributed by atoms with van der Waals surface area (Å²) in [4.78, 5) is 3.89. The SMILES string of the molecule is CC(C)(C)S(=O)NCc1cc(Br)c(F)cn1. The van der Waals surface area contributed by atoms with Crippen molar-refractivity contribution in [3.05, 3.63) is 28.2 Å². The summed E-state index contributed by atoms with van der Waals surface area (Å²) in [5.74, 6) is -0.402. The number of nitrogens with zero attached hydrogens (tertiary/aromatic N) is 1. The topological polar surface area (TPSA) is 42.0 Å². The first-order chi connectivity index (χ1) is 7.30. The molecule has 0 aliphatic heterocycles. The van der Waals surface area contributed by atoms with E-state index in [1.54, 1.807) is 6.07 Å². The van der Waals surface area contributed by atoms with Crippen LogP contribution in [0.15, 0.2) is 16.7 Å². The summed E-state index contributed by atoms with van der Waals surface area (Å²) in [5, 5.41) is 0. The minimum Gasteiger partial charge on any atom is -0.257 e. The minimum absolute atomic E-state index is 0.322. The predicted octanol–water partition coefficient (Wildman–Crippen LogP) is 2.54. The van der Waals surface area contributed by atoms with Crippen molar-refractivity contribution >= 4 is 26.9 Å². The van der Waals surface area contributed by atoms with Gasteiger partial charge in [0.15, 0.2) is 5.82 Å². The highest BCUT2D eigenvalue weighted by molar-refractivity contribution is 9.10. The van der Waals surface area contributed by atoms with Crippen molar-refractivity contribution in [3.63, 3.8) is 0 Å². The van der Waals surface area contributed by atoms with Crippen LogP contribution in [0.1, 0.15) is 26.5 Å². The molecule has 0 aliphatic rings. The van der Waals surface area contributed by atoms with E-state index in [4.69, 9.17) is 0 Å². The molecule has 0 saturated carbocycles. The van der Waals surface area contributed by atoms with Gasteiger partial charge < -0.3 is 0 Å². The molecule has 0 radical (unpaired) electrons. The maximum atomic E-state index is 12.9. The molecule has 1 rings (SSSR count). The molecule has 0 saturated heterocycles. The van der Waals surface area contributed by atoms with E-state index in [2.05, 4.69) is 25.6 Å². The Morgan fingerprint density at radius 1 is 1.56 bits per heavy atom. The van der Waals surface area contributed by atoms with Crippen LogP contribution in [0.2, 0.25) is 0 Å². The zero-order chi connectivity index (χ0) is 12.3. The Morgan fingerprint density at radius 3 is 2.69 bits per heavy atom. The summed E-state index contributed by atoms with van der Waals surface area (Å²) in [5.41, 5.74) is 0.644. The van der Waals surface area contributed by atoms with Crippen LogP contribution in [0.25, 0.3) is 0 Å². The third kappa shape index (κ3) is 3.92. The van der Waals surface area contributed by atoms with Gasteiger partial charge in [0.25, 0.3) is 0 Å². The van der Waals surface area contributed by atoms with E-state index in [0.717, 1.165) is 6.20 Å². The van der Waals surface area contributed by atoms with Gasteiger partial charge in [0.2, 0.25) is 0 Å². The summed E-state index contributed by atoms with van der Waals surface area (Å²) in [7, 11) is -1.15. The van der Waals surface area contributed by atoms with Gasteiger partial charge in [0.05, 0.1) is 38.6 Å². The molecular formula is C10H14BrFN2OS. The number of rotatable bonds is 3. The highest BCUT2D eigenvalue weighted by Crippen LogP contribution is 2.15. The zero-order valence-corrected chi connectivity index (χ0v) is 11.8. The normalized spacial score (nSPS) is 13.8. The lowest BCUT2D eigenvalue weighted by Crippen LogP contribution is -2.33. The van der Waals surface area contributed by atoms with Crippen LogP contribution in [-0.2, 0) is 17.5 Å². The number of nitrogens with one attached hydrogen (secondary N) is 1. The molecule has 0 aromatic carbocycles. The average molecular weight is 309 g/mol. The Morgan fingerprint density at radius 2 is 2.19 bits per heavy atom. The summed E-state index contributed by atoms with van der Waals surface area (Å²) in [6.07, 6.45) is 1.14. The first-order valence-corrected chi connectivity index (χ1v) is 6.70. The first-order valence-electron chi connectivity index (χ1n) is 4.76. The van der Waals surface area contributed by atoms with Crippen LogP contribution in [0.4, 0.5) is 4.39 Å². The molecule has 0 bridgehead atoms. The van der Waals surface area contributed by atoms with Gasteiger partial charge in [-0.2, -0.15) is 0 Å². The van der Waals surface area contributed by atoms with Gasteiger partial charge >= 0.3 is 0 Å². The fraction of sp³-hybridized carbons (Fsp3) is 0.500. The molecule has 0 spiro atoms. The second-order valence-electron chi connectivity index (χ2n) is 4.29. The van der Waals surface area contributed by atoms with Crippen LogP contribution in [-0.4, -0.2) is 13.9 Å². The molecule has 16 heavy (non-hydrogen) atoms. The third-order valence-electron chi connectivity index (χ3n) is 1.81. The van der Waals surface area contributed by atoms with E-state index in [1.165, 1.54) is 0 Å². The Balaban J connectivity index is 2.62. The van der Waals surface area contributed by atoms with Crippen molar-refractivity contribution in [2.75, 3.05) is 0 Å². The molecule has 0 aliphatic carbocycles. The van der Waals surface area contributed by atoms with Crippen molar-refractivity contribution in [1.29, 1.82) is 0 Å². The van der Waals surface area contributed by atoms with E-state index < -0.39 is 16.8 Å². The van der Waals surface area contributed by atoms with E-state index in [0.29, 0.717) is 16.7 Å². The molecule has 1 unspecified atom stereocenters. The quantitative estimate of drug-likeness (QED) is 0.932. The number of pyridine rings is 1. The average Bonchev–Trinajstić information content (AvgIpc) is 2.18. The van der Waals surface area contributed by atoms with Crippen LogP contribution in [0.3, 0.4) is 0 Å². The van der Waals surface area contributed by atoms with Crippen molar-refractivity contribution in [3.8, 4) is 0 Å². The Kier molecular flexibility index (Phi) is 4.58. The Labute approximate surface area is 106 Å². The summed E-state index contributed by atoms with van der Waals surface area (Å²) in [6, 6.07) is 1.57. The lowest BCUT2D eigenvalue weighted by atomic mass is 10.3. The van der Waals surface area contributed by atoms with E-state index in [-0.39, 0.29) is 4.75 Å². The zero-order valence-electron chi connectivity index (χ0n) is 9.38. The van der Waals surface area contributed by atoms with Gasteiger partial charge in [-0.25, -0.2) is 13.3 Å². The maximum absolute atomic E-state index is 12.9. The van der Waals surface area contributed by atoms with Crippen LogP contribution < -0.4 is 4.72 Å². The van der Waals surface area contributed by atoms with Gasteiger partial charge in [-0.15, -0.1) is 0 Å². The van der Waals surface area contributed by atoms with Gasteiger partial charge in [-0.05, 0) is 42.8 Å². The minimum atomic E-state index is -1.15. The van der Waals surface area contributed by atoms with Crippen molar-refractivity contribution in [2.45, 2.75) is 32.1 Å². The molecule has 1 N–H and O–H groups in total. The molecular weight excluding hydrogens is 295 g/mol. The largest absolute Gasteiger partial charge is 0.257 e. The van der Waals surface area contributed by atoms with E-state index in [9.17, 15) is 8.60 Å². The monoisotopic (exact) mass is 308 g/mol. The van der Waals surface area contributed by atoms with Crippen LogP contribution in [0.5, 0.6) is 0 Å². The summed E-state index contributed by atoms with van der Waals surface area (Å²) in [6.45, 7) is 5.99. The smallest absolute Gasteiger partial charge is 0.155 e. The number of halogens is 2. The number of aromatic nitrogens is 1. The lowest BCUT2D eigenvalue weighted by Gasteiger charge is -2.17. The molecule has 90 valence electrons. The molecule has 1 aromatic rings. The second-order valence-corrected chi connectivity index (χ2v) is 7.20. The van der Waals surface area contributed by atoms with Crippen LogP contribution >= 0.6 is 15.9 Å². The molecule has 6 heteroatoms. The highest BCUT2D eigenvalue weighted by atomic mass is 79.9. The first kappa shape index (κ1) is 13.7. The van der Waals surface area contributed by atoms with Crippen molar-refractivity contribution < 1.29 is 8.60 Å². The molecule has 1 aromatic heterocycles. The molecule has 0 fully saturated rings. The highest BCUT2D eigenvalue weighted by Gasteiger charge is 2.19. The van der Waals surface area contributed by atoms with Crippen molar-refractivity contribution in [2.24, 2.45) is 0 Å². The molecule has 1 atom stereocenters. The van der Waals surface area contributed by atoms with Gasteiger partial charge in [0.1, 0.15) is 0 Å². The molecule has 1 heterocycles. The third-order valence-corrected chi connectivity index (χ3v) is 3.93. The predicted molar refractivity (Wildman–Crippen MR) is 66.6 cm³/mol. The van der Waals surface area contributed by atoms with Gasteiger partial charge in [-0.1, -0.05) is 0 Å². The summed E-state index contributed by atoms with van der Waals surface area (Å²) < 4.78 is 27.5. The van der Waals surface area contributed by atoms with E-state index in [1.807, 2.05) is 20.8 Å². The maximum Gasteiger partial charge on any atom is 0.155 e. The van der Waals surface area contributed by atoms with Crippen molar-refractivity contribution in [1.82, 2.24) is 9.71 Å². The standard InChI is InChI=1S/C10H14BrFN2OS/c1-10(2,3)16(15)14-5-7-4-8(11)9(12)6-13-7/h4,6,14H,5H2,1-3H3. The second kappa shape index (κ2) is 5.33. The number of hydrogen-bond acceptors (Lipinski definition) is 2. The van der Waals surface area contributed by atoms with Gasteiger partial charge in [0, 0.05) is 0 Å². The van der Waals surface area contributed by atoms with Crippen LogP contribution in [0, 0.1) is 5.82 Å². The van der Waals surface area contributed by atoms with Gasteiger partial charge in [-0.3, -0.25) is 4.98 Å². The molecule has 0 amide bonds. The Hall–Kier alpha value is -0.330. The lowest BCUT2D eigenvalue weighted by molar-refractivity contribution is 0.610. The number of hydrogen-bond donors (Lipinski definition) is 1. The fourth-order valence-electron chi connectivity index (χ4n) is 0.906. The summed E-state index contributed by atoms with van der Waals surface area (Å²) >= 11 is 3.07.